The number of halogens is 1. The zero-order valence-corrected chi connectivity index (χ0v) is 13.6. The van der Waals surface area contributed by atoms with E-state index < -0.39 is 0 Å². The Balaban J connectivity index is 1.68. The van der Waals surface area contributed by atoms with Gasteiger partial charge in [-0.05, 0) is 24.3 Å². The van der Waals surface area contributed by atoms with E-state index in [-0.39, 0.29) is 0 Å². The molecule has 0 saturated carbocycles. The van der Waals surface area contributed by atoms with Crippen molar-refractivity contribution >= 4 is 33.2 Å². The molecule has 0 radical (unpaired) electrons. The van der Waals surface area contributed by atoms with Gasteiger partial charge in [0.05, 0.1) is 0 Å². The Labute approximate surface area is 127 Å². The summed E-state index contributed by atoms with van der Waals surface area (Å²) in [6.07, 6.45) is 2.79. The monoisotopic (exact) mass is 344 g/mol. The fraction of sp³-hybridized carbons (Fsp3) is 0.643. The standard InChI is InChI=1S/C14H21BrN2OS/c15-6-2-1-5-14(18)17-9-7-16(8-10-17)12-13-4-3-11-19-13/h3-4,11H,1-2,5-10,12H2. The van der Waals surface area contributed by atoms with Gasteiger partial charge in [0.15, 0.2) is 0 Å². The molecule has 1 amide bonds. The van der Waals surface area contributed by atoms with Crippen LogP contribution in [0.1, 0.15) is 24.1 Å². The molecule has 0 atom stereocenters. The van der Waals surface area contributed by atoms with Gasteiger partial charge in [0, 0.05) is 49.4 Å². The first kappa shape index (κ1) is 15.0. The molecule has 2 rings (SSSR count). The highest BCUT2D eigenvalue weighted by Crippen LogP contribution is 2.14. The van der Waals surface area contributed by atoms with Crippen LogP contribution in [0.15, 0.2) is 17.5 Å². The number of carbonyl (C=O) groups is 1. The molecule has 0 unspecified atom stereocenters. The van der Waals surface area contributed by atoms with Gasteiger partial charge in [-0.15, -0.1) is 11.3 Å². The molecule has 1 aromatic rings. The Kier molecular flexibility index (Phi) is 6.34. The van der Waals surface area contributed by atoms with Crippen LogP contribution in [0.4, 0.5) is 0 Å². The average Bonchev–Trinajstić information content (AvgIpc) is 2.93. The molecule has 1 aliphatic heterocycles. The molecule has 5 heteroatoms. The lowest BCUT2D eigenvalue weighted by Crippen LogP contribution is -2.48. The predicted molar refractivity (Wildman–Crippen MR) is 83.8 cm³/mol. The molecule has 2 heterocycles. The maximum atomic E-state index is 12.0. The van der Waals surface area contributed by atoms with Crippen LogP contribution in [-0.2, 0) is 11.3 Å². The molecule has 0 spiro atoms. The number of amides is 1. The zero-order chi connectivity index (χ0) is 13.5. The third-order valence-corrected chi connectivity index (χ3v) is 4.88. The van der Waals surface area contributed by atoms with Gasteiger partial charge in [-0.1, -0.05) is 22.0 Å². The zero-order valence-electron chi connectivity index (χ0n) is 11.2. The van der Waals surface area contributed by atoms with E-state index in [1.54, 1.807) is 0 Å². The van der Waals surface area contributed by atoms with Crippen molar-refractivity contribution in [3.05, 3.63) is 22.4 Å². The molecular weight excluding hydrogens is 324 g/mol. The summed E-state index contributed by atoms with van der Waals surface area (Å²) in [7, 11) is 0. The second kappa shape index (κ2) is 8.02. The number of unbranched alkanes of at least 4 members (excludes halogenated alkanes) is 1. The van der Waals surface area contributed by atoms with Crippen LogP contribution in [0.3, 0.4) is 0 Å². The number of thiophene rings is 1. The SMILES string of the molecule is O=C(CCCCBr)N1CCN(Cc2cccs2)CC1. The van der Waals surface area contributed by atoms with Crippen LogP contribution in [-0.4, -0.2) is 47.2 Å². The van der Waals surface area contributed by atoms with Crippen molar-refractivity contribution in [3.8, 4) is 0 Å². The largest absolute Gasteiger partial charge is 0.340 e. The van der Waals surface area contributed by atoms with Crippen molar-refractivity contribution in [1.82, 2.24) is 9.80 Å². The van der Waals surface area contributed by atoms with E-state index in [0.29, 0.717) is 12.3 Å². The molecule has 0 bridgehead atoms. The molecule has 1 aromatic heterocycles. The first-order valence-electron chi connectivity index (χ1n) is 6.88. The lowest BCUT2D eigenvalue weighted by Gasteiger charge is -2.34. The van der Waals surface area contributed by atoms with E-state index in [0.717, 1.165) is 50.9 Å². The van der Waals surface area contributed by atoms with Crippen molar-refractivity contribution in [2.45, 2.75) is 25.8 Å². The Morgan fingerprint density at radius 1 is 1.26 bits per heavy atom. The summed E-state index contributed by atoms with van der Waals surface area (Å²) in [6, 6.07) is 4.28. The number of alkyl halides is 1. The van der Waals surface area contributed by atoms with E-state index in [4.69, 9.17) is 0 Å². The molecule has 0 aliphatic carbocycles. The van der Waals surface area contributed by atoms with Crippen molar-refractivity contribution in [3.63, 3.8) is 0 Å². The second-order valence-corrected chi connectivity index (χ2v) is 6.71. The van der Waals surface area contributed by atoms with Gasteiger partial charge >= 0.3 is 0 Å². The van der Waals surface area contributed by atoms with E-state index >= 15 is 0 Å². The molecule has 1 aliphatic rings. The summed E-state index contributed by atoms with van der Waals surface area (Å²) in [4.78, 5) is 17.9. The van der Waals surface area contributed by atoms with Crippen LogP contribution in [0.2, 0.25) is 0 Å². The average molecular weight is 345 g/mol. The summed E-state index contributed by atoms with van der Waals surface area (Å²) in [5.41, 5.74) is 0. The van der Waals surface area contributed by atoms with Gasteiger partial charge < -0.3 is 4.90 Å². The lowest BCUT2D eigenvalue weighted by molar-refractivity contribution is -0.133. The number of nitrogens with zero attached hydrogens (tertiary/aromatic N) is 2. The summed E-state index contributed by atoms with van der Waals surface area (Å²) in [5, 5.41) is 3.12. The smallest absolute Gasteiger partial charge is 0.222 e. The highest BCUT2D eigenvalue weighted by Gasteiger charge is 2.20. The minimum Gasteiger partial charge on any atom is -0.340 e. The van der Waals surface area contributed by atoms with Gasteiger partial charge in [0.1, 0.15) is 0 Å². The molecule has 19 heavy (non-hydrogen) atoms. The van der Waals surface area contributed by atoms with Crippen LogP contribution in [0.5, 0.6) is 0 Å². The predicted octanol–water partition coefficient (Wildman–Crippen LogP) is 2.96. The summed E-state index contributed by atoms with van der Waals surface area (Å²) in [6.45, 7) is 4.81. The van der Waals surface area contributed by atoms with E-state index in [2.05, 4.69) is 38.3 Å². The van der Waals surface area contributed by atoms with Crippen LogP contribution >= 0.6 is 27.3 Å². The van der Waals surface area contributed by atoms with Crippen molar-refractivity contribution in [1.29, 1.82) is 0 Å². The number of piperazine rings is 1. The third-order valence-electron chi connectivity index (χ3n) is 3.46. The Bertz CT molecular complexity index is 375. The highest BCUT2D eigenvalue weighted by atomic mass is 79.9. The number of hydrogen-bond donors (Lipinski definition) is 0. The van der Waals surface area contributed by atoms with Crippen molar-refractivity contribution < 1.29 is 4.79 Å². The number of carbonyl (C=O) groups excluding carboxylic acids is 1. The maximum absolute atomic E-state index is 12.0. The fourth-order valence-electron chi connectivity index (χ4n) is 2.31. The molecule has 0 aromatic carbocycles. The van der Waals surface area contributed by atoms with Crippen molar-refractivity contribution in [2.75, 3.05) is 31.5 Å². The van der Waals surface area contributed by atoms with Gasteiger partial charge in [-0.3, -0.25) is 9.69 Å². The highest BCUT2D eigenvalue weighted by molar-refractivity contribution is 9.09. The molecule has 0 N–H and O–H groups in total. The molecular formula is C14H21BrN2OS. The number of rotatable bonds is 6. The fourth-order valence-corrected chi connectivity index (χ4v) is 3.45. The Morgan fingerprint density at radius 2 is 2.05 bits per heavy atom. The minimum absolute atomic E-state index is 0.330. The quantitative estimate of drug-likeness (QED) is 0.585. The minimum atomic E-state index is 0.330. The maximum Gasteiger partial charge on any atom is 0.222 e. The Hall–Kier alpha value is -0.390. The number of hydrogen-bond acceptors (Lipinski definition) is 3. The molecule has 106 valence electrons. The third kappa shape index (κ3) is 4.89. The summed E-state index contributed by atoms with van der Waals surface area (Å²) in [5.74, 6) is 0.330. The van der Waals surface area contributed by atoms with E-state index in [1.165, 1.54) is 4.88 Å². The van der Waals surface area contributed by atoms with Gasteiger partial charge in [-0.25, -0.2) is 0 Å². The summed E-state index contributed by atoms with van der Waals surface area (Å²) < 4.78 is 0. The first-order valence-corrected chi connectivity index (χ1v) is 8.88. The first-order chi connectivity index (χ1) is 9.29. The van der Waals surface area contributed by atoms with Gasteiger partial charge in [0.2, 0.25) is 5.91 Å². The van der Waals surface area contributed by atoms with Crippen LogP contribution in [0.25, 0.3) is 0 Å². The molecule has 3 nitrogen and oxygen atoms in total. The van der Waals surface area contributed by atoms with Gasteiger partial charge in [0.25, 0.3) is 0 Å². The van der Waals surface area contributed by atoms with E-state index in [9.17, 15) is 4.79 Å². The van der Waals surface area contributed by atoms with Crippen molar-refractivity contribution in [2.24, 2.45) is 0 Å². The molecule has 1 saturated heterocycles. The van der Waals surface area contributed by atoms with E-state index in [1.807, 2.05) is 16.2 Å². The topological polar surface area (TPSA) is 23.6 Å². The Morgan fingerprint density at radius 3 is 2.68 bits per heavy atom. The molecule has 1 fully saturated rings. The summed E-state index contributed by atoms with van der Waals surface area (Å²) >= 11 is 5.21. The van der Waals surface area contributed by atoms with Gasteiger partial charge in [-0.2, -0.15) is 0 Å². The van der Waals surface area contributed by atoms with Crippen LogP contribution in [0, 0.1) is 0 Å². The van der Waals surface area contributed by atoms with Crippen LogP contribution < -0.4 is 0 Å². The second-order valence-electron chi connectivity index (χ2n) is 4.88. The normalized spacial score (nSPS) is 16.8. The lowest BCUT2D eigenvalue weighted by atomic mass is 10.2.